The molecule has 0 aliphatic carbocycles. The molecule has 0 saturated carbocycles. The summed E-state index contributed by atoms with van der Waals surface area (Å²) in [6.45, 7) is 0.937. The summed E-state index contributed by atoms with van der Waals surface area (Å²) in [7, 11) is 1.74. The van der Waals surface area contributed by atoms with E-state index in [2.05, 4.69) is 5.32 Å². The summed E-state index contributed by atoms with van der Waals surface area (Å²) in [6.07, 6.45) is -2.94. The van der Waals surface area contributed by atoms with E-state index in [9.17, 15) is 18.0 Å². The number of alkyl halides is 3. The predicted molar refractivity (Wildman–Crippen MR) is 54.2 cm³/mol. The van der Waals surface area contributed by atoms with Gasteiger partial charge in [0.15, 0.2) is 0 Å². The number of hydrogen-bond donors (Lipinski definition) is 1. The summed E-state index contributed by atoms with van der Waals surface area (Å²) in [5.74, 6) is 0. The Balaban J connectivity index is 2.87. The third kappa shape index (κ3) is 3.37. The Kier molecular flexibility index (Phi) is 4.12. The van der Waals surface area contributed by atoms with E-state index in [0.717, 1.165) is 22.9 Å². The molecule has 0 aliphatic heterocycles. The van der Waals surface area contributed by atoms with Crippen LogP contribution in [0.4, 0.5) is 13.2 Å². The molecule has 0 aliphatic rings. The summed E-state index contributed by atoms with van der Waals surface area (Å²) in [5, 5.41) is 2.86. The van der Waals surface area contributed by atoms with Gasteiger partial charge < -0.3 is 9.88 Å². The lowest BCUT2D eigenvalue weighted by Gasteiger charge is -2.10. The summed E-state index contributed by atoms with van der Waals surface area (Å²) in [6, 6.07) is 1.75. The number of halogens is 3. The molecule has 90 valence electrons. The summed E-state index contributed by atoms with van der Waals surface area (Å²) < 4.78 is 38.2. The summed E-state index contributed by atoms with van der Waals surface area (Å²) >= 11 is 0. The second-order valence-electron chi connectivity index (χ2n) is 3.40. The van der Waals surface area contributed by atoms with Crippen molar-refractivity contribution < 1.29 is 13.2 Å². The van der Waals surface area contributed by atoms with Crippen LogP contribution in [0.2, 0.25) is 0 Å². The van der Waals surface area contributed by atoms with Gasteiger partial charge in [-0.2, -0.15) is 13.2 Å². The van der Waals surface area contributed by atoms with Crippen LogP contribution in [0.15, 0.2) is 23.1 Å². The lowest BCUT2D eigenvalue weighted by Crippen LogP contribution is -2.23. The fourth-order valence-electron chi connectivity index (χ4n) is 1.30. The number of pyridine rings is 1. The van der Waals surface area contributed by atoms with Crippen molar-refractivity contribution in [3.05, 3.63) is 34.2 Å². The number of rotatable bonds is 4. The molecule has 0 unspecified atom stereocenters. The van der Waals surface area contributed by atoms with Gasteiger partial charge in [-0.3, -0.25) is 4.79 Å². The van der Waals surface area contributed by atoms with Gasteiger partial charge in [0.2, 0.25) is 0 Å². The van der Waals surface area contributed by atoms with Crippen LogP contribution in [0, 0.1) is 0 Å². The van der Waals surface area contributed by atoms with Gasteiger partial charge >= 0.3 is 6.18 Å². The van der Waals surface area contributed by atoms with E-state index in [4.69, 9.17) is 0 Å². The Morgan fingerprint density at radius 3 is 2.62 bits per heavy atom. The Labute approximate surface area is 90.9 Å². The van der Waals surface area contributed by atoms with Gasteiger partial charge in [-0.15, -0.1) is 0 Å². The molecule has 0 aromatic carbocycles. The zero-order chi connectivity index (χ0) is 12.2. The van der Waals surface area contributed by atoms with E-state index in [-0.39, 0.29) is 6.54 Å². The predicted octanol–water partition coefficient (Wildman–Crippen LogP) is 1.48. The lowest BCUT2D eigenvalue weighted by atomic mass is 10.2. The molecule has 0 spiro atoms. The summed E-state index contributed by atoms with van der Waals surface area (Å²) in [5.41, 5.74) is -1.21. The largest absolute Gasteiger partial charge is 0.417 e. The van der Waals surface area contributed by atoms with Crippen molar-refractivity contribution in [1.82, 2.24) is 9.88 Å². The van der Waals surface area contributed by atoms with Gasteiger partial charge in [0.25, 0.3) is 5.56 Å². The quantitative estimate of drug-likeness (QED) is 0.800. The molecule has 1 aromatic rings. The highest BCUT2D eigenvalue weighted by atomic mass is 19.4. The van der Waals surface area contributed by atoms with Gasteiger partial charge in [-0.1, -0.05) is 0 Å². The van der Waals surface area contributed by atoms with Crippen molar-refractivity contribution in [2.45, 2.75) is 19.1 Å². The molecule has 0 atom stereocenters. The first-order valence-electron chi connectivity index (χ1n) is 4.87. The van der Waals surface area contributed by atoms with Crippen molar-refractivity contribution in [3.8, 4) is 0 Å². The maximum Gasteiger partial charge on any atom is 0.417 e. The molecule has 0 bridgehead atoms. The monoisotopic (exact) mass is 234 g/mol. The lowest BCUT2D eigenvalue weighted by molar-refractivity contribution is -0.138. The standard InChI is InChI=1S/C10H13F3N2O/c1-14-5-2-6-15-7-8(10(11,12)13)3-4-9(15)16/h3-4,7,14H,2,5-6H2,1H3. The molecule has 3 nitrogen and oxygen atoms in total. The third-order valence-corrected chi connectivity index (χ3v) is 2.14. The molecule has 0 amide bonds. The fraction of sp³-hybridized carbons (Fsp3) is 0.500. The number of aryl methyl sites for hydroxylation is 1. The molecule has 0 saturated heterocycles. The van der Waals surface area contributed by atoms with Crippen LogP contribution < -0.4 is 10.9 Å². The molecule has 1 rings (SSSR count). The zero-order valence-corrected chi connectivity index (χ0v) is 8.84. The highest BCUT2D eigenvalue weighted by Gasteiger charge is 2.30. The highest BCUT2D eigenvalue weighted by molar-refractivity contribution is 5.13. The molecule has 16 heavy (non-hydrogen) atoms. The average molecular weight is 234 g/mol. The van der Waals surface area contributed by atoms with Gasteiger partial charge in [0.05, 0.1) is 5.56 Å². The SMILES string of the molecule is CNCCCn1cc(C(F)(F)F)ccc1=O. The molecule has 1 N–H and O–H groups in total. The van der Waals surface area contributed by atoms with Crippen molar-refractivity contribution in [1.29, 1.82) is 0 Å². The van der Waals surface area contributed by atoms with Crippen LogP contribution in [-0.4, -0.2) is 18.2 Å². The molecular formula is C10H13F3N2O. The number of nitrogens with one attached hydrogen (secondary N) is 1. The normalized spacial score (nSPS) is 11.8. The fourth-order valence-corrected chi connectivity index (χ4v) is 1.30. The van der Waals surface area contributed by atoms with Crippen molar-refractivity contribution in [3.63, 3.8) is 0 Å². The first-order chi connectivity index (χ1) is 7.45. The molecule has 0 fully saturated rings. The Hall–Kier alpha value is -1.30. The van der Waals surface area contributed by atoms with Crippen LogP contribution >= 0.6 is 0 Å². The van der Waals surface area contributed by atoms with Crippen molar-refractivity contribution in [2.24, 2.45) is 0 Å². The molecule has 1 heterocycles. The van der Waals surface area contributed by atoms with Crippen LogP contribution in [0.5, 0.6) is 0 Å². The maximum absolute atomic E-state index is 12.4. The average Bonchev–Trinajstić information content (AvgIpc) is 2.19. The minimum Gasteiger partial charge on any atom is -0.320 e. The molecule has 0 radical (unpaired) electrons. The molecule has 6 heteroatoms. The first-order valence-corrected chi connectivity index (χ1v) is 4.87. The van der Waals surface area contributed by atoms with Crippen LogP contribution in [0.25, 0.3) is 0 Å². The van der Waals surface area contributed by atoms with E-state index in [1.807, 2.05) is 0 Å². The minimum atomic E-state index is -4.40. The Morgan fingerprint density at radius 2 is 2.06 bits per heavy atom. The van der Waals surface area contributed by atoms with E-state index in [0.29, 0.717) is 13.0 Å². The van der Waals surface area contributed by atoms with Gasteiger partial charge in [0, 0.05) is 18.8 Å². The van der Waals surface area contributed by atoms with E-state index < -0.39 is 17.3 Å². The van der Waals surface area contributed by atoms with E-state index >= 15 is 0 Å². The number of nitrogens with zero attached hydrogens (tertiary/aromatic N) is 1. The third-order valence-electron chi connectivity index (χ3n) is 2.14. The molecule has 1 aromatic heterocycles. The van der Waals surface area contributed by atoms with Crippen LogP contribution in [0.1, 0.15) is 12.0 Å². The van der Waals surface area contributed by atoms with Crippen LogP contribution in [0.3, 0.4) is 0 Å². The first kappa shape index (κ1) is 12.8. The Morgan fingerprint density at radius 1 is 1.38 bits per heavy atom. The van der Waals surface area contributed by atoms with Crippen LogP contribution in [-0.2, 0) is 12.7 Å². The zero-order valence-electron chi connectivity index (χ0n) is 8.84. The summed E-state index contributed by atoms with van der Waals surface area (Å²) in [4.78, 5) is 11.3. The van der Waals surface area contributed by atoms with Crippen molar-refractivity contribution in [2.75, 3.05) is 13.6 Å². The highest BCUT2D eigenvalue weighted by Crippen LogP contribution is 2.27. The van der Waals surface area contributed by atoms with Gasteiger partial charge in [-0.05, 0) is 26.1 Å². The second kappa shape index (κ2) is 5.16. The smallest absolute Gasteiger partial charge is 0.320 e. The van der Waals surface area contributed by atoms with E-state index in [1.54, 1.807) is 7.05 Å². The number of hydrogen-bond acceptors (Lipinski definition) is 2. The maximum atomic E-state index is 12.4. The number of aromatic nitrogens is 1. The minimum absolute atomic E-state index is 0.281. The second-order valence-corrected chi connectivity index (χ2v) is 3.40. The van der Waals surface area contributed by atoms with Crippen molar-refractivity contribution >= 4 is 0 Å². The topological polar surface area (TPSA) is 34.0 Å². The van der Waals surface area contributed by atoms with Gasteiger partial charge in [0.1, 0.15) is 0 Å². The van der Waals surface area contributed by atoms with Gasteiger partial charge in [-0.25, -0.2) is 0 Å². The molecular weight excluding hydrogens is 221 g/mol. The van der Waals surface area contributed by atoms with E-state index in [1.165, 1.54) is 0 Å². The Bertz CT molecular complexity index is 398.